The zero-order valence-electron chi connectivity index (χ0n) is 20.2. The molecule has 5 atom stereocenters. The summed E-state index contributed by atoms with van der Waals surface area (Å²) in [6.45, 7) is 2.86. The highest BCUT2D eigenvalue weighted by Gasteiger charge is 2.46. The first kappa shape index (κ1) is 26.4. The van der Waals surface area contributed by atoms with Gasteiger partial charge in [0.1, 0.15) is 5.69 Å². The van der Waals surface area contributed by atoms with Crippen molar-refractivity contribution in [3.63, 3.8) is 0 Å². The van der Waals surface area contributed by atoms with Gasteiger partial charge in [-0.05, 0) is 88.2 Å². The molecule has 6 nitrogen and oxygen atoms in total. The molecule has 3 saturated carbocycles. The summed E-state index contributed by atoms with van der Waals surface area (Å²) in [5, 5.41) is 12.8. The van der Waals surface area contributed by atoms with E-state index >= 15 is 0 Å². The van der Waals surface area contributed by atoms with Crippen molar-refractivity contribution in [2.45, 2.75) is 88.8 Å². The lowest BCUT2D eigenvalue weighted by atomic mass is 9.74. The van der Waals surface area contributed by atoms with Crippen molar-refractivity contribution < 1.29 is 31.5 Å². The van der Waals surface area contributed by atoms with E-state index < -0.39 is 50.9 Å². The largest absolute Gasteiger partial charge is 0.433 e. The summed E-state index contributed by atoms with van der Waals surface area (Å²) in [6.07, 6.45) is 1.55. The van der Waals surface area contributed by atoms with Gasteiger partial charge >= 0.3 is 6.18 Å². The average molecular weight is 517 g/mol. The lowest BCUT2D eigenvalue weighted by Gasteiger charge is -2.41. The Hall–Kier alpha value is -1.68. The van der Waals surface area contributed by atoms with Crippen molar-refractivity contribution >= 4 is 15.7 Å². The highest BCUT2D eigenvalue weighted by molar-refractivity contribution is 7.92. The maximum absolute atomic E-state index is 13.3. The molecule has 2 N–H and O–H groups in total. The highest BCUT2D eigenvalue weighted by atomic mass is 32.2. The van der Waals surface area contributed by atoms with Crippen LogP contribution in [0.2, 0.25) is 0 Å². The Bertz CT molecular complexity index is 1040. The average Bonchev–Trinajstić information content (AvgIpc) is 3.68. The van der Waals surface area contributed by atoms with Gasteiger partial charge in [-0.25, -0.2) is 13.4 Å². The van der Waals surface area contributed by atoms with Crippen LogP contribution in [0.3, 0.4) is 0 Å². The Morgan fingerprint density at radius 3 is 2.29 bits per heavy atom. The molecule has 1 heterocycles. The fourth-order valence-corrected chi connectivity index (χ4v) is 8.19. The second kappa shape index (κ2) is 10.00. The van der Waals surface area contributed by atoms with Gasteiger partial charge in [0.25, 0.3) is 5.91 Å². The van der Waals surface area contributed by atoms with Gasteiger partial charge in [0.2, 0.25) is 0 Å². The van der Waals surface area contributed by atoms with Crippen molar-refractivity contribution in [3.8, 4) is 0 Å². The van der Waals surface area contributed by atoms with Gasteiger partial charge < -0.3 is 10.4 Å². The molecule has 0 aliphatic heterocycles. The Morgan fingerprint density at radius 2 is 1.74 bits per heavy atom. The quantitative estimate of drug-likeness (QED) is 0.510. The first-order valence-electron chi connectivity index (χ1n) is 12.6. The molecule has 3 aliphatic carbocycles. The fraction of sp³-hybridized carbons (Fsp3) is 0.760. The van der Waals surface area contributed by atoms with Crippen molar-refractivity contribution in [2.75, 3.05) is 5.75 Å². The molecule has 0 radical (unpaired) electrons. The van der Waals surface area contributed by atoms with Crippen LogP contribution < -0.4 is 5.32 Å². The number of aromatic nitrogens is 1. The Morgan fingerprint density at radius 1 is 1.11 bits per heavy atom. The molecular formula is C25H35F3N2O4S. The number of carbonyl (C=O) groups excluding carboxylic acids is 1. The van der Waals surface area contributed by atoms with Crippen LogP contribution in [0.15, 0.2) is 12.1 Å². The van der Waals surface area contributed by atoms with Crippen molar-refractivity contribution in [1.82, 2.24) is 10.3 Å². The SMILES string of the molecule is Cc1nc(C(F)(F)F)ccc1C(=O)NC(C(C)O)C1CC(CC2CC2)CCC1S(=O)(=O)CC1CC1. The van der Waals surface area contributed by atoms with Gasteiger partial charge in [-0.1, -0.05) is 12.8 Å². The van der Waals surface area contributed by atoms with Gasteiger partial charge in [-0.15, -0.1) is 0 Å². The molecule has 0 spiro atoms. The zero-order chi connectivity index (χ0) is 25.5. The molecule has 0 bridgehead atoms. The van der Waals surface area contributed by atoms with E-state index in [4.69, 9.17) is 0 Å². The number of rotatable bonds is 9. The third kappa shape index (κ3) is 6.56. The lowest BCUT2D eigenvalue weighted by molar-refractivity contribution is -0.141. The number of pyridine rings is 1. The number of hydrogen-bond acceptors (Lipinski definition) is 5. The molecule has 3 aliphatic rings. The molecule has 196 valence electrons. The van der Waals surface area contributed by atoms with Gasteiger partial charge in [0.05, 0.1) is 34.4 Å². The summed E-state index contributed by atoms with van der Waals surface area (Å²) in [6, 6.07) is 1.01. The minimum atomic E-state index is -4.62. The first-order valence-corrected chi connectivity index (χ1v) is 14.3. The monoisotopic (exact) mass is 516 g/mol. The standard InChI is InChI=1S/C25H35F3N2O4S/c1-14-19(8-10-22(29-14)25(26,27)28)24(32)30-23(15(2)31)20-12-18(11-16-3-4-16)7-9-21(20)35(33,34)13-17-5-6-17/h8,10,15-18,20-21,23,31H,3-7,9,11-13H2,1-2H3,(H,30,32). The maximum atomic E-state index is 13.3. The summed E-state index contributed by atoms with van der Waals surface area (Å²) in [5.41, 5.74) is -1.18. The molecule has 3 fully saturated rings. The van der Waals surface area contributed by atoms with E-state index in [1.165, 1.54) is 26.7 Å². The van der Waals surface area contributed by atoms with Crippen LogP contribution >= 0.6 is 0 Å². The third-order valence-corrected chi connectivity index (χ3v) is 10.3. The number of halogens is 3. The summed E-state index contributed by atoms with van der Waals surface area (Å²) < 4.78 is 65.7. The Labute approximate surface area is 205 Å². The summed E-state index contributed by atoms with van der Waals surface area (Å²) in [7, 11) is -3.41. The van der Waals surface area contributed by atoms with Crippen molar-refractivity contribution in [1.29, 1.82) is 0 Å². The van der Waals surface area contributed by atoms with E-state index in [0.717, 1.165) is 37.8 Å². The topological polar surface area (TPSA) is 96.4 Å². The molecule has 1 aromatic rings. The number of carbonyl (C=O) groups is 1. The minimum absolute atomic E-state index is 0.0219. The van der Waals surface area contributed by atoms with E-state index in [9.17, 15) is 31.5 Å². The number of nitrogens with one attached hydrogen (secondary N) is 1. The number of aliphatic hydroxyl groups excluding tert-OH is 1. The molecule has 0 saturated heterocycles. The van der Waals surface area contributed by atoms with Crippen molar-refractivity contribution in [2.24, 2.45) is 23.7 Å². The van der Waals surface area contributed by atoms with Crippen LogP contribution in [0.4, 0.5) is 13.2 Å². The van der Waals surface area contributed by atoms with Crippen LogP contribution in [-0.4, -0.2) is 47.6 Å². The fourth-order valence-electron chi connectivity index (χ4n) is 5.64. The Balaban J connectivity index is 1.57. The number of sulfone groups is 1. The normalized spacial score (nSPS) is 27.3. The highest BCUT2D eigenvalue weighted by Crippen LogP contribution is 2.45. The first-order chi connectivity index (χ1) is 16.3. The molecule has 35 heavy (non-hydrogen) atoms. The molecule has 1 aromatic heterocycles. The lowest BCUT2D eigenvalue weighted by Crippen LogP contribution is -2.54. The number of amides is 1. The number of aliphatic hydroxyl groups is 1. The predicted molar refractivity (Wildman–Crippen MR) is 125 cm³/mol. The van der Waals surface area contributed by atoms with Crippen LogP contribution in [-0.2, 0) is 16.0 Å². The van der Waals surface area contributed by atoms with Crippen molar-refractivity contribution in [3.05, 3.63) is 29.1 Å². The van der Waals surface area contributed by atoms with Crippen LogP contribution in [0, 0.1) is 30.6 Å². The molecular weight excluding hydrogens is 481 g/mol. The van der Waals surface area contributed by atoms with Gasteiger partial charge in [-0.3, -0.25) is 4.79 Å². The molecule has 0 aromatic carbocycles. The van der Waals surface area contributed by atoms with Gasteiger partial charge in [0, 0.05) is 0 Å². The number of hydrogen-bond donors (Lipinski definition) is 2. The smallest absolute Gasteiger partial charge is 0.391 e. The number of aryl methyl sites for hydroxylation is 1. The summed E-state index contributed by atoms with van der Waals surface area (Å²) in [5.74, 6) is 0.253. The van der Waals surface area contributed by atoms with Gasteiger partial charge in [0.15, 0.2) is 9.84 Å². The van der Waals surface area contributed by atoms with Crippen LogP contribution in [0.1, 0.15) is 80.0 Å². The molecule has 5 unspecified atom stereocenters. The van der Waals surface area contributed by atoms with E-state index in [1.54, 1.807) is 0 Å². The molecule has 4 rings (SSSR count). The molecule has 1 amide bonds. The predicted octanol–water partition coefficient (Wildman–Crippen LogP) is 4.30. The second-order valence-corrected chi connectivity index (χ2v) is 13.2. The Kier molecular flexibility index (Phi) is 7.53. The van der Waals surface area contributed by atoms with E-state index in [0.29, 0.717) is 24.7 Å². The minimum Gasteiger partial charge on any atom is -0.391 e. The summed E-state index contributed by atoms with van der Waals surface area (Å²) in [4.78, 5) is 16.6. The van der Waals surface area contributed by atoms with E-state index in [1.807, 2.05) is 0 Å². The third-order valence-electron chi connectivity index (χ3n) is 7.83. The molecule has 10 heteroatoms. The number of nitrogens with zero attached hydrogens (tertiary/aromatic N) is 1. The van der Waals surface area contributed by atoms with E-state index in [2.05, 4.69) is 10.3 Å². The van der Waals surface area contributed by atoms with Gasteiger partial charge in [-0.2, -0.15) is 13.2 Å². The van der Waals surface area contributed by atoms with Crippen LogP contribution in [0.5, 0.6) is 0 Å². The number of alkyl halides is 3. The summed E-state index contributed by atoms with van der Waals surface area (Å²) >= 11 is 0. The second-order valence-electron chi connectivity index (χ2n) is 10.9. The zero-order valence-corrected chi connectivity index (χ0v) is 21.0. The van der Waals surface area contributed by atoms with Crippen LogP contribution in [0.25, 0.3) is 0 Å². The maximum Gasteiger partial charge on any atom is 0.433 e. The van der Waals surface area contributed by atoms with E-state index in [-0.39, 0.29) is 22.9 Å².